The van der Waals surface area contributed by atoms with Gasteiger partial charge in [-0.2, -0.15) is 0 Å². The van der Waals surface area contributed by atoms with Crippen LogP contribution < -0.4 is 5.73 Å². The summed E-state index contributed by atoms with van der Waals surface area (Å²) in [5.41, 5.74) is 7.98. The first-order valence-corrected chi connectivity index (χ1v) is 7.57. The summed E-state index contributed by atoms with van der Waals surface area (Å²) in [4.78, 5) is 22.3. The van der Waals surface area contributed by atoms with E-state index < -0.39 is 0 Å². The van der Waals surface area contributed by atoms with E-state index in [-0.39, 0.29) is 11.6 Å². The predicted octanol–water partition coefficient (Wildman–Crippen LogP) is 2.40. The zero-order valence-corrected chi connectivity index (χ0v) is 12.4. The number of benzene rings is 1. The minimum absolute atomic E-state index is 0.0785. The van der Waals surface area contributed by atoms with Gasteiger partial charge in [0.25, 0.3) is 11.6 Å². The second-order valence-electron chi connectivity index (χ2n) is 5.56. The lowest BCUT2D eigenvalue weighted by Crippen LogP contribution is -2.32. The van der Waals surface area contributed by atoms with E-state index in [9.17, 15) is 4.79 Å². The smallest absolute Gasteiger partial charge is 0.275 e. The van der Waals surface area contributed by atoms with Gasteiger partial charge >= 0.3 is 0 Å². The Morgan fingerprint density at radius 3 is 2.41 bits per heavy atom. The second kappa shape index (κ2) is 6.02. The highest BCUT2D eigenvalue weighted by atomic mass is 16.2. The van der Waals surface area contributed by atoms with Gasteiger partial charge in [-0.25, -0.2) is 9.84 Å². The molecule has 1 aromatic rings. The lowest BCUT2D eigenvalue weighted by Gasteiger charge is -2.20. The molecule has 2 N–H and O–H groups in total. The van der Waals surface area contributed by atoms with Gasteiger partial charge in [0.15, 0.2) is 0 Å². The maximum atomic E-state index is 12.7. The SMILES string of the molecule is [C-]#[N+]C(C(=O)N1CCCCCC1)=C1N=C(N)c2ccccc21. The Morgan fingerprint density at radius 2 is 1.77 bits per heavy atom. The van der Waals surface area contributed by atoms with E-state index in [2.05, 4.69) is 9.84 Å². The number of hydrogen-bond acceptors (Lipinski definition) is 3. The lowest BCUT2D eigenvalue weighted by molar-refractivity contribution is -0.126. The molecule has 0 aliphatic carbocycles. The number of amidine groups is 1. The molecule has 2 aliphatic rings. The Labute approximate surface area is 130 Å². The summed E-state index contributed by atoms with van der Waals surface area (Å²) in [5.74, 6) is 0.149. The largest absolute Gasteiger partial charge is 0.383 e. The van der Waals surface area contributed by atoms with Gasteiger partial charge in [0, 0.05) is 24.2 Å². The maximum absolute atomic E-state index is 12.7. The van der Waals surface area contributed by atoms with Crippen molar-refractivity contribution in [2.75, 3.05) is 13.1 Å². The fourth-order valence-electron chi connectivity index (χ4n) is 2.96. The first kappa shape index (κ1) is 14.3. The Balaban J connectivity index is 2.01. The van der Waals surface area contributed by atoms with Gasteiger partial charge in [-0.05, 0) is 12.8 Å². The Bertz CT molecular complexity index is 704. The van der Waals surface area contributed by atoms with E-state index in [1.165, 1.54) is 0 Å². The molecule has 0 radical (unpaired) electrons. The van der Waals surface area contributed by atoms with Crippen LogP contribution in [0.3, 0.4) is 0 Å². The van der Waals surface area contributed by atoms with Crippen molar-refractivity contribution in [3.05, 3.63) is 52.5 Å². The highest BCUT2D eigenvalue weighted by Gasteiger charge is 2.28. The first-order valence-electron chi connectivity index (χ1n) is 7.57. The van der Waals surface area contributed by atoms with Gasteiger partial charge in [0.05, 0.1) is 12.3 Å². The highest BCUT2D eigenvalue weighted by molar-refractivity contribution is 6.14. The molecule has 2 heterocycles. The molecule has 0 bridgehead atoms. The van der Waals surface area contributed by atoms with Crippen LogP contribution in [-0.4, -0.2) is 29.7 Å². The molecule has 1 fully saturated rings. The van der Waals surface area contributed by atoms with Crippen molar-refractivity contribution < 1.29 is 4.79 Å². The van der Waals surface area contributed by atoms with E-state index in [1.807, 2.05) is 24.3 Å². The van der Waals surface area contributed by atoms with Crippen LogP contribution >= 0.6 is 0 Å². The first-order chi connectivity index (χ1) is 10.7. The average molecular weight is 294 g/mol. The molecule has 5 heteroatoms. The third-order valence-electron chi connectivity index (χ3n) is 4.12. The molecule has 1 aromatic carbocycles. The van der Waals surface area contributed by atoms with Crippen molar-refractivity contribution in [1.82, 2.24) is 4.90 Å². The molecule has 0 unspecified atom stereocenters. The van der Waals surface area contributed by atoms with Crippen LogP contribution in [0.5, 0.6) is 0 Å². The number of carbonyl (C=O) groups excluding carboxylic acids is 1. The van der Waals surface area contributed by atoms with Crippen LogP contribution in [0, 0.1) is 6.57 Å². The quantitative estimate of drug-likeness (QED) is 0.638. The number of nitrogens with two attached hydrogens (primary N) is 1. The number of nitrogens with zero attached hydrogens (tertiary/aromatic N) is 3. The van der Waals surface area contributed by atoms with Crippen molar-refractivity contribution in [3.8, 4) is 0 Å². The summed E-state index contributed by atoms with van der Waals surface area (Å²) in [6.07, 6.45) is 4.27. The van der Waals surface area contributed by atoms with Crippen molar-refractivity contribution in [3.63, 3.8) is 0 Å². The van der Waals surface area contributed by atoms with Crippen LogP contribution in [0.1, 0.15) is 36.8 Å². The molecule has 112 valence electrons. The molecule has 1 saturated heterocycles. The summed E-state index contributed by atoms with van der Waals surface area (Å²) < 4.78 is 0. The van der Waals surface area contributed by atoms with Gasteiger partial charge in [-0.3, -0.25) is 4.79 Å². The molecule has 2 aliphatic heterocycles. The number of hydrogen-bond donors (Lipinski definition) is 1. The zero-order chi connectivity index (χ0) is 15.5. The molecule has 0 spiro atoms. The third kappa shape index (κ3) is 2.48. The molecule has 0 saturated carbocycles. The Kier molecular flexibility index (Phi) is 3.92. The maximum Gasteiger partial charge on any atom is 0.275 e. The second-order valence-corrected chi connectivity index (χ2v) is 5.56. The molecular weight excluding hydrogens is 276 g/mol. The number of carbonyl (C=O) groups is 1. The summed E-state index contributed by atoms with van der Waals surface area (Å²) in [6, 6.07) is 7.46. The average Bonchev–Trinajstić information content (AvgIpc) is 2.73. The van der Waals surface area contributed by atoms with Crippen LogP contribution in [0.25, 0.3) is 10.5 Å². The zero-order valence-electron chi connectivity index (χ0n) is 12.4. The van der Waals surface area contributed by atoms with E-state index in [0.717, 1.165) is 36.8 Å². The molecular formula is C17H18N4O. The van der Waals surface area contributed by atoms with Gasteiger partial charge in [0.1, 0.15) is 5.84 Å². The Morgan fingerprint density at radius 1 is 1.14 bits per heavy atom. The number of likely N-dealkylation sites (tertiary alicyclic amines) is 1. The van der Waals surface area contributed by atoms with Gasteiger partial charge in [-0.15, -0.1) is 0 Å². The molecule has 22 heavy (non-hydrogen) atoms. The van der Waals surface area contributed by atoms with E-state index in [1.54, 1.807) is 4.90 Å². The topological polar surface area (TPSA) is 63.0 Å². The van der Waals surface area contributed by atoms with Gasteiger partial charge in [0.2, 0.25) is 0 Å². The van der Waals surface area contributed by atoms with Crippen LogP contribution in [0.2, 0.25) is 0 Å². The Hall–Kier alpha value is -2.61. The molecule has 3 rings (SSSR count). The molecule has 0 aromatic heterocycles. The molecule has 1 amide bonds. The van der Waals surface area contributed by atoms with Crippen LogP contribution in [-0.2, 0) is 4.79 Å². The van der Waals surface area contributed by atoms with Crippen molar-refractivity contribution in [2.24, 2.45) is 10.7 Å². The molecule has 5 nitrogen and oxygen atoms in total. The number of aliphatic imine (C=N–C) groups is 1. The third-order valence-corrected chi connectivity index (χ3v) is 4.12. The van der Waals surface area contributed by atoms with Crippen molar-refractivity contribution in [2.45, 2.75) is 25.7 Å². The predicted molar refractivity (Wildman–Crippen MR) is 85.7 cm³/mol. The van der Waals surface area contributed by atoms with Crippen LogP contribution in [0.15, 0.2) is 35.0 Å². The monoisotopic (exact) mass is 294 g/mol. The molecule has 0 atom stereocenters. The fourth-order valence-corrected chi connectivity index (χ4v) is 2.96. The highest BCUT2D eigenvalue weighted by Crippen LogP contribution is 2.31. The van der Waals surface area contributed by atoms with Crippen molar-refractivity contribution in [1.29, 1.82) is 0 Å². The number of rotatable bonds is 1. The lowest BCUT2D eigenvalue weighted by atomic mass is 10.1. The van der Waals surface area contributed by atoms with Gasteiger partial charge < -0.3 is 10.6 Å². The van der Waals surface area contributed by atoms with E-state index in [0.29, 0.717) is 24.6 Å². The fraction of sp³-hybridized carbons (Fsp3) is 0.353. The number of fused-ring (bicyclic) bond motifs is 1. The minimum Gasteiger partial charge on any atom is -0.383 e. The minimum atomic E-state index is -0.222. The van der Waals surface area contributed by atoms with E-state index in [4.69, 9.17) is 12.3 Å². The van der Waals surface area contributed by atoms with Crippen LogP contribution in [0.4, 0.5) is 0 Å². The summed E-state index contributed by atoms with van der Waals surface area (Å²) in [6.45, 7) is 8.87. The van der Waals surface area contributed by atoms with E-state index >= 15 is 0 Å². The normalized spacial score (nSPS) is 19.8. The summed E-state index contributed by atoms with van der Waals surface area (Å²) in [7, 11) is 0. The van der Waals surface area contributed by atoms with Gasteiger partial charge in [-0.1, -0.05) is 37.1 Å². The summed E-state index contributed by atoms with van der Waals surface area (Å²) in [5, 5.41) is 0. The number of amides is 1. The standard InChI is InChI=1S/C17H18N4O/c1-19-15(17(22)21-10-6-2-3-7-11-21)14-12-8-4-5-9-13(12)16(18)20-14/h4-5,8-9H,2-3,6-7,10-11H2,(H2,18,20). The summed E-state index contributed by atoms with van der Waals surface area (Å²) >= 11 is 0. The van der Waals surface area contributed by atoms with Crippen molar-refractivity contribution >= 4 is 17.4 Å².